The van der Waals surface area contributed by atoms with Crippen molar-refractivity contribution in [2.75, 3.05) is 10.7 Å². The Hall–Kier alpha value is -2.51. The molecule has 0 spiro atoms. The molecule has 1 amide bonds. The van der Waals surface area contributed by atoms with Crippen LogP contribution in [0, 0.1) is 0 Å². The Morgan fingerprint density at radius 2 is 2.08 bits per heavy atom. The van der Waals surface area contributed by atoms with Crippen molar-refractivity contribution in [3.63, 3.8) is 0 Å². The van der Waals surface area contributed by atoms with Gasteiger partial charge in [-0.3, -0.25) is 4.79 Å². The van der Waals surface area contributed by atoms with Gasteiger partial charge < -0.3 is 10.7 Å². The molecule has 0 aliphatic carbocycles. The molecule has 1 atom stereocenters. The number of halogens is 1. The third-order valence-electron chi connectivity index (χ3n) is 3.55. The topological polar surface area (TPSA) is 71.8 Å². The maximum atomic E-state index is 12.2. The van der Waals surface area contributed by atoms with E-state index in [1.807, 2.05) is 24.3 Å². The quantitative estimate of drug-likeness (QED) is 0.750. The summed E-state index contributed by atoms with van der Waals surface area (Å²) in [5.41, 5.74) is 5.62. The van der Waals surface area contributed by atoms with Crippen molar-refractivity contribution >= 4 is 35.0 Å². The van der Waals surface area contributed by atoms with Gasteiger partial charge in [-0.05, 0) is 35.9 Å². The van der Waals surface area contributed by atoms with Crippen molar-refractivity contribution in [2.24, 2.45) is 0 Å². The molecule has 0 bridgehead atoms. The van der Waals surface area contributed by atoms with E-state index in [4.69, 9.17) is 11.6 Å². The molecule has 2 aromatic carbocycles. The van der Waals surface area contributed by atoms with Crippen LogP contribution < -0.4 is 10.7 Å². The van der Waals surface area contributed by atoms with Crippen LogP contribution in [0.1, 0.15) is 21.3 Å². The SMILES string of the molecule is O=C(Nc1ccc([C@H]2Nn3cnnc3S2)cc1)c1cccc(Cl)c1. The summed E-state index contributed by atoms with van der Waals surface area (Å²) in [6, 6.07) is 14.5. The molecule has 0 saturated carbocycles. The number of carbonyl (C=O) groups is 1. The fourth-order valence-corrected chi connectivity index (χ4v) is 3.54. The van der Waals surface area contributed by atoms with Gasteiger partial charge in [-0.25, -0.2) is 4.68 Å². The summed E-state index contributed by atoms with van der Waals surface area (Å²) in [5, 5.41) is 12.2. The molecule has 0 fully saturated rings. The molecule has 8 heteroatoms. The van der Waals surface area contributed by atoms with Gasteiger partial charge in [0.2, 0.25) is 5.16 Å². The van der Waals surface area contributed by atoms with Crippen LogP contribution in [0.2, 0.25) is 5.02 Å². The second kappa shape index (κ2) is 6.18. The minimum absolute atomic E-state index is 0.0770. The van der Waals surface area contributed by atoms with Crippen LogP contribution in [-0.2, 0) is 0 Å². The lowest BCUT2D eigenvalue weighted by Gasteiger charge is -2.12. The Balaban J connectivity index is 1.44. The molecule has 24 heavy (non-hydrogen) atoms. The van der Waals surface area contributed by atoms with Gasteiger partial charge in [-0.1, -0.05) is 41.6 Å². The average molecular weight is 358 g/mol. The van der Waals surface area contributed by atoms with Crippen LogP contribution in [0.25, 0.3) is 0 Å². The largest absolute Gasteiger partial charge is 0.322 e. The molecular weight excluding hydrogens is 346 g/mol. The van der Waals surface area contributed by atoms with Gasteiger partial charge in [0.25, 0.3) is 5.91 Å². The smallest absolute Gasteiger partial charge is 0.255 e. The number of rotatable bonds is 3. The highest BCUT2D eigenvalue weighted by atomic mass is 35.5. The van der Waals surface area contributed by atoms with Crippen LogP contribution in [-0.4, -0.2) is 20.8 Å². The zero-order valence-corrected chi connectivity index (χ0v) is 13.9. The van der Waals surface area contributed by atoms with Crippen molar-refractivity contribution in [1.82, 2.24) is 14.9 Å². The molecule has 1 aliphatic rings. The fraction of sp³-hybridized carbons (Fsp3) is 0.0625. The van der Waals surface area contributed by atoms with E-state index < -0.39 is 0 Å². The van der Waals surface area contributed by atoms with Crippen molar-refractivity contribution in [2.45, 2.75) is 10.5 Å². The number of anilines is 1. The molecule has 6 nitrogen and oxygen atoms in total. The molecule has 1 aliphatic heterocycles. The Labute approximate surface area is 147 Å². The van der Waals surface area contributed by atoms with Gasteiger partial charge in [0.15, 0.2) is 0 Å². The van der Waals surface area contributed by atoms with E-state index in [0.717, 1.165) is 16.4 Å². The number of benzene rings is 2. The minimum Gasteiger partial charge on any atom is -0.322 e. The Bertz CT molecular complexity index is 875. The highest BCUT2D eigenvalue weighted by Gasteiger charge is 2.24. The van der Waals surface area contributed by atoms with E-state index in [-0.39, 0.29) is 11.3 Å². The Morgan fingerprint density at radius 1 is 1.25 bits per heavy atom. The number of hydrogen-bond donors (Lipinski definition) is 2. The van der Waals surface area contributed by atoms with E-state index in [0.29, 0.717) is 10.6 Å². The number of hydrogen-bond acceptors (Lipinski definition) is 5. The maximum absolute atomic E-state index is 12.2. The van der Waals surface area contributed by atoms with Crippen LogP contribution in [0.3, 0.4) is 0 Å². The lowest BCUT2D eigenvalue weighted by molar-refractivity contribution is 0.102. The number of thioether (sulfide) groups is 1. The number of nitrogens with one attached hydrogen (secondary N) is 2. The second-order valence-corrected chi connectivity index (χ2v) is 6.71. The molecule has 1 aromatic heterocycles. The summed E-state index contributed by atoms with van der Waals surface area (Å²) < 4.78 is 1.80. The monoisotopic (exact) mass is 357 g/mol. The first-order valence-electron chi connectivity index (χ1n) is 7.19. The van der Waals surface area contributed by atoms with Gasteiger partial charge in [-0.2, -0.15) is 0 Å². The lowest BCUT2D eigenvalue weighted by Crippen LogP contribution is -2.13. The first kappa shape index (κ1) is 15.0. The molecular formula is C16H12ClN5OS. The van der Waals surface area contributed by atoms with Crippen LogP contribution in [0.5, 0.6) is 0 Å². The third kappa shape index (κ3) is 2.95. The van der Waals surface area contributed by atoms with E-state index in [1.165, 1.54) is 0 Å². The van der Waals surface area contributed by atoms with Crippen LogP contribution in [0.15, 0.2) is 60.0 Å². The number of aromatic nitrogens is 3. The Morgan fingerprint density at radius 3 is 2.83 bits per heavy atom. The molecule has 0 radical (unpaired) electrons. The zero-order valence-electron chi connectivity index (χ0n) is 12.3. The number of carbonyl (C=O) groups excluding carboxylic acids is 1. The molecule has 4 rings (SSSR count). The molecule has 2 heterocycles. The molecule has 2 N–H and O–H groups in total. The standard InChI is InChI=1S/C16H12ClN5OS/c17-12-3-1-2-11(8-12)14(23)19-13-6-4-10(5-7-13)15-21-22-9-18-20-16(22)24-15/h1-9,15,21H,(H,19,23)/t15-/m0/s1. The van der Waals surface area contributed by atoms with Gasteiger partial charge in [0.05, 0.1) is 0 Å². The second-order valence-electron chi connectivity index (χ2n) is 5.20. The van der Waals surface area contributed by atoms with Gasteiger partial charge >= 0.3 is 0 Å². The first-order valence-corrected chi connectivity index (χ1v) is 8.45. The zero-order chi connectivity index (χ0) is 16.5. The summed E-state index contributed by atoms with van der Waals surface area (Å²) in [6.07, 6.45) is 1.64. The van der Waals surface area contributed by atoms with Crippen molar-refractivity contribution < 1.29 is 4.79 Å². The first-order chi connectivity index (χ1) is 11.7. The van der Waals surface area contributed by atoms with Crippen molar-refractivity contribution in [3.05, 3.63) is 71.0 Å². The van der Waals surface area contributed by atoms with E-state index >= 15 is 0 Å². The number of nitrogens with zero attached hydrogens (tertiary/aromatic N) is 3. The molecule has 120 valence electrons. The predicted octanol–water partition coefficient (Wildman–Crippen LogP) is 3.53. The summed E-state index contributed by atoms with van der Waals surface area (Å²) >= 11 is 7.50. The summed E-state index contributed by atoms with van der Waals surface area (Å²) in [6.45, 7) is 0. The highest BCUT2D eigenvalue weighted by molar-refractivity contribution is 7.99. The predicted molar refractivity (Wildman–Crippen MR) is 93.8 cm³/mol. The van der Waals surface area contributed by atoms with Gasteiger partial charge in [0, 0.05) is 16.3 Å². The summed E-state index contributed by atoms with van der Waals surface area (Å²) in [5.74, 6) is -0.190. The molecule has 3 aromatic rings. The molecule has 0 unspecified atom stereocenters. The van der Waals surface area contributed by atoms with E-state index in [9.17, 15) is 4.79 Å². The lowest BCUT2D eigenvalue weighted by atomic mass is 10.2. The molecule has 0 saturated heterocycles. The number of amides is 1. The van der Waals surface area contributed by atoms with Crippen LogP contribution in [0.4, 0.5) is 5.69 Å². The maximum Gasteiger partial charge on any atom is 0.255 e. The van der Waals surface area contributed by atoms with Gasteiger partial charge in [-0.15, -0.1) is 10.2 Å². The summed E-state index contributed by atoms with van der Waals surface area (Å²) in [7, 11) is 0. The Kier molecular flexibility index (Phi) is 3.87. The number of fused-ring (bicyclic) bond motifs is 1. The summed E-state index contributed by atoms with van der Waals surface area (Å²) in [4.78, 5) is 12.2. The van der Waals surface area contributed by atoms with E-state index in [1.54, 1.807) is 47.0 Å². The highest BCUT2D eigenvalue weighted by Crippen LogP contribution is 2.37. The minimum atomic E-state index is -0.190. The van der Waals surface area contributed by atoms with Gasteiger partial charge in [0.1, 0.15) is 11.7 Å². The third-order valence-corrected chi connectivity index (χ3v) is 4.89. The fourth-order valence-electron chi connectivity index (χ4n) is 2.37. The van der Waals surface area contributed by atoms with Crippen LogP contribution >= 0.6 is 23.4 Å². The van der Waals surface area contributed by atoms with Crippen molar-refractivity contribution in [1.29, 1.82) is 0 Å². The average Bonchev–Trinajstić information content (AvgIpc) is 3.17. The normalized spacial score (nSPS) is 15.6. The van der Waals surface area contributed by atoms with Crippen molar-refractivity contribution in [3.8, 4) is 0 Å². The van der Waals surface area contributed by atoms with E-state index in [2.05, 4.69) is 20.9 Å².